The van der Waals surface area contributed by atoms with Crippen molar-refractivity contribution >= 4 is 96.8 Å². The molecule has 6 unspecified atom stereocenters. The zero-order valence-electron chi connectivity index (χ0n) is 33.1. The van der Waals surface area contributed by atoms with Crippen LogP contribution in [0, 0.1) is 56.2 Å². The Balaban J connectivity index is 1.15. The summed E-state index contributed by atoms with van der Waals surface area (Å²) in [5.74, 6) is -7.59. The monoisotopic (exact) mass is 883 g/mol. The number of aromatic hydroxyl groups is 1. The number of hydrogen-bond donors (Lipinski definition) is 1. The van der Waals surface area contributed by atoms with E-state index in [1.165, 1.54) is 53.2 Å². The number of allylic oxidation sites excluding steroid dienone is 2. The van der Waals surface area contributed by atoms with E-state index >= 15 is 4.79 Å². The number of hydrogen-bond acceptors (Lipinski definition) is 12. The molecule has 312 valence electrons. The van der Waals surface area contributed by atoms with Crippen LogP contribution in [0.5, 0.6) is 5.75 Å². The van der Waals surface area contributed by atoms with E-state index in [1.807, 2.05) is 19.1 Å². The second-order valence-corrected chi connectivity index (χ2v) is 18.3. The summed E-state index contributed by atoms with van der Waals surface area (Å²) in [7, 11) is 4.44. The molecule has 0 radical (unpaired) electrons. The highest BCUT2D eigenvalue weighted by molar-refractivity contribution is 7.22. The largest absolute Gasteiger partial charge is 0.508 e. The molecule has 2 aliphatic carbocycles. The Bertz CT molecular complexity index is 2850. The lowest BCUT2D eigenvalue weighted by molar-refractivity contribution is -0.392. The third-order valence-electron chi connectivity index (χ3n) is 12.9. The number of fused-ring (bicyclic) bond motifs is 5. The van der Waals surface area contributed by atoms with Crippen LogP contribution in [0.15, 0.2) is 66.2 Å². The van der Waals surface area contributed by atoms with Crippen LogP contribution in [-0.4, -0.2) is 62.5 Å². The van der Waals surface area contributed by atoms with E-state index in [1.54, 1.807) is 32.2 Å². The Morgan fingerprint density at radius 3 is 2.21 bits per heavy atom. The molecule has 3 fully saturated rings. The third kappa shape index (κ3) is 5.73. The fraction of sp³-hybridized carbons (Fsp3) is 0.310. The number of amides is 4. The molecular weight excluding hydrogens is 849 g/mol. The van der Waals surface area contributed by atoms with Crippen molar-refractivity contribution in [2.45, 2.75) is 32.6 Å². The van der Waals surface area contributed by atoms with Gasteiger partial charge in [-0.15, -0.1) is 11.3 Å². The van der Waals surface area contributed by atoms with Crippen molar-refractivity contribution in [2.75, 3.05) is 28.8 Å². The number of aromatic nitrogens is 2. The maximum absolute atomic E-state index is 15.2. The molecule has 2 aromatic heterocycles. The lowest BCUT2D eigenvalue weighted by Gasteiger charge is -2.49. The maximum atomic E-state index is 15.2. The Morgan fingerprint density at radius 2 is 1.56 bits per heavy atom. The van der Waals surface area contributed by atoms with Gasteiger partial charge in [0.1, 0.15) is 17.3 Å². The van der Waals surface area contributed by atoms with Crippen molar-refractivity contribution < 1.29 is 34.1 Å². The number of nitrogens with zero attached hydrogens (tertiary/aromatic N) is 7. The molecule has 0 bridgehead atoms. The highest BCUT2D eigenvalue weighted by Crippen LogP contribution is 2.65. The quantitative estimate of drug-likeness (QED) is 0.0720. The van der Waals surface area contributed by atoms with Crippen LogP contribution in [0.3, 0.4) is 0 Å². The van der Waals surface area contributed by atoms with Gasteiger partial charge in [-0.25, -0.2) is 9.80 Å². The van der Waals surface area contributed by atoms with Gasteiger partial charge in [-0.05, 0) is 80.0 Å². The Morgan fingerprint density at radius 1 is 0.902 bits per heavy atom. The van der Waals surface area contributed by atoms with Crippen molar-refractivity contribution in [3.8, 4) is 16.3 Å². The molecule has 0 spiro atoms. The molecule has 4 heterocycles. The number of imide groups is 2. The van der Waals surface area contributed by atoms with Gasteiger partial charge in [0.05, 0.1) is 43.6 Å². The molecule has 4 amide bonds. The van der Waals surface area contributed by atoms with Gasteiger partial charge in [0, 0.05) is 65.6 Å². The molecule has 9 rings (SSSR count). The standard InChI is InChI=1S/C42H35Cl2N7O9S/c1-18-24-12-20(44)7-11-32(24)61-37(18)28-17-33(47(5)45-28)49-39(54)27-16-25-22(35(42(27,2)41(49)56)26-13-19(43)6-10-31(26)52)8-9-23-34(25)40(55)48(38(23)53)21-14-29(50(57)58)36(46(3)4)30(15-21)51(59)60/h6-8,10-15,17,23,25,27,34-35,52H,9,16H2,1-5H3. The summed E-state index contributed by atoms with van der Waals surface area (Å²) in [6, 6.07) is 13.6. The smallest absolute Gasteiger partial charge is 0.301 e. The van der Waals surface area contributed by atoms with Gasteiger partial charge in [-0.2, -0.15) is 5.10 Å². The molecule has 16 nitrogen and oxygen atoms in total. The molecule has 61 heavy (non-hydrogen) atoms. The van der Waals surface area contributed by atoms with E-state index in [4.69, 9.17) is 28.3 Å². The van der Waals surface area contributed by atoms with Crippen molar-refractivity contribution in [1.82, 2.24) is 9.78 Å². The summed E-state index contributed by atoms with van der Waals surface area (Å²) >= 11 is 14.3. The number of carbonyl (C=O) groups is 4. The lowest BCUT2D eigenvalue weighted by Crippen LogP contribution is -2.49. The zero-order valence-corrected chi connectivity index (χ0v) is 35.4. The normalized spacial score (nSPS) is 24.6. The topological polar surface area (TPSA) is 202 Å². The van der Waals surface area contributed by atoms with Crippen LogP contribution >= 0.6 is 34.5 Å². The van der Waals surface area contributed by atoms with Crippen LogP contribution in [0.1, 0.15) is 36.8 Å². The van der Waals surface area contributed by atoms with Gasteiger partial charge in [0.25, 0.3) is 0 Å². The molecular formula is C42H35Cl2N7O9S. The summed E-state index contributed by atoms with van der Waals surface area (Å²) in [4.78, 5) is 85.9. The lowest BCUT2D eigenvalue weighted by atomic mass is 9.51. The number of anilines is 3. The summed E-state index contributed by atoms with van der Waals surface area (Å²) < 4.78 is 2.45. The van der Waals surface area contributed by atoms with E-state index in [-0.39, 0.29) is 46.4 Å². The first kappa shape index (κ1) is 40.2. The van der Waals surface area contributed by atoms with Gasteiger partial charge in [-0.3, -0.25) is 44.1 Å². The average Bonchev–Trinajstić information content (AvgIpc) is 3.88. The molecule has 1 N–H and O–H groups in total. The number of nitro benzene ring substituents is 2. The highest BCUT2D eigenvalue weighted by Gasteiger charge is 2.68. The number of benzene rings is 3. The van der Waals surface area contributed by atoms with Crippen molar-refractivity contribution in [1.29, 1.82) is 0 Å². The molecule has 2 aliphatic heterocycles. The number of nitro groups is 2. The predicted octanol–water partition coefficient (Wildman–Crippen LogP) is 7.94. The first-order valence-electron chi connectivity index (χ1n) is 19.2. The minimum atomic E-state index is -1.53. The molecule has 4 aliphatic rings. The van der Waals surface area contributed by atoms with Gasteiger partial charge in [-0.1, -0.05) is 34.9 Å². The number of halogens is 2. The molecule has 3 aromatic carbocycles. The number of phenols is 1. The predicted molar refractivity (Wildman–Crippen MR) is 228 cm³/mol. The van der Waals surface area contributed by atoms with Crippen LogP contribution in [-0.2, 0) is 26.2 Å². The van der Waals surface area contributed by atoms with E-state index in [0.29, 0.717) is 16.3 Å². The second kappa shape index (κ2) is 13.9. The van der Waals surface area contributed by atoms with Crippen LogP contribution in [0.25, 0.3) is 20.7 Å². The van der Waals surface area contributed by atoms with Gasteiger partial charge in [0.2, 0.25) is 23.6 Å². The first-order valence-corrected chi connectivity index (χ1v) is 20.7. The highest BCUT2D eigenvalue weighted by atomic mass is 35.5. The van der Waals surface area contributed by atoms with E-state index in [0.717, 1.165) is 42.5 Å². The Labute approximate surface area is 360 Å². The van der Waals surface area contributed by atoms with Gasteiger partial charge < -0.3 is 10.0 Å². The number of phenolic OH excluding ortho intramolecular Hbond substituents is 1. The van der Waals surface area contributed by atoms with Crippen LogP contribution in [0.2, 0.25) is 10.0 Å². The van der Waals surface area contributed by atoms with Gasteiger partial charge >= 0.3 is 11.4 Å². The minimum Gasteiger partial charge on any atom is -0.508 e. The molecule has 5 aromatic rings. The fourth-order valence-corrected chi connectivity index (χ4v) is 11.8. The number of rotatable bonds is 7. The summed E-state index contributed by atoms with van der Waals surface area (Å²) in [6.07, 6.45) is 1.73. The fourth-order valence-electron chi connectivity index (χ4n) is 10.3. The summed E-state index contributed by atoms with van der Waals surface area (Å²) in [6.45, 7) is 3.62. The third-order valence-corrected chi connectivity index (χ3v) is 14.7. The summed E-state index contributed by atoms with van der Waals surface area (Å²) in [5.41, 5.74) is -1.26. The van der Waals surface area contributed by atoms with Crippen molar-refractivity contribution in [3.63, 3.8) is 0 Å². The SMILES string of the molecule is Cc1c(-c2cc(N3C(=O)C4CC5C(=CCC6C(=O)N(c7cc([N+](=O)[O-])c(N(C)C)c([N+](=O)[O-])c7)C(=O)C65)C(c5cc(Cl)ccc5O)C4(C)C3=O)n(C)n2)sc2ccc(Cl)cc12. The Hall–Kier alpha value is -6.17. The molecule has 2 saturated heterocycles. The van der Waals surface area contributed by atoms with E-state index in [9.17, 15) is 39.7 Å². The number of carbonyl (C=O) groups excluding carboxylic acids is 4. The van der Waals surface area contributed by atoms with Crippen LogP contribution < -0.4 is 14.7 Å². The Kier molecular flexibility index (Phi) is 9.19. The molecule has 19 heteroatoms. The zero-order chi connectivity index (χ0) is 43.7. The van der Waals surface area contributed by atoms with E-state index < -0.39 is 79.9 Å². The number of aryl methyl sites for hydroxylation is 2. The minimum absolute atomic E-state index is 0.00673. The maximum Gasteiger partial charge on any atom is 0.301 e. The number of thiophene rings is 1. The first-order chi connectivity index (χ1) is 28.8. The molecule has 1 saturated carbocycles. The summed E-state index contributed by atoms with van der Waals surface area (Å²) in [5, 5.41) is 42.4. The van der Waals surface area contributed by atoms with Crippen molar-refractivity contribution in [3.05, 3.63) is 108 Å². The average molecular weight is 885 g/mol. The van der Waals surface area contributed by atoms with Crippen molar-refractivity contribution in [2.24, 2.45) is 36.1 Å². The van der Waals surface area contributed by atoms with E-state index in [2.05, 4.69) is 0 Å². The second-order valence-electron chi connectivity index (χ2n) is 16.3. The van der Waals surface area contributed by atoms with Gasteiger partial charge in [0.15, 0.2) is 5.69 Å². The van der Waals surface area contributed by atoms with Crippen LogP contribution in [0.4, 0.5) is 28.6 Å². The molecule has 6 atom stereocenters.